The molecule has 0 heterocycles. The van der Waals surface area contributed by atoms with E-state index in [-0.39, 0.29) is 18.1 Å². The number of hydrogen-bond donors (Lipinski definition) is 1. The van der Waals surface area contributed by atoms with Crippen molar-refractivity contribution in [3.05, 3.63) is 59.7 Å². The van der Waals surface area contributed by atoms with Crippen molar-refractivity contribution in [3.63, 3.8) is 0 Å². The van der Waals surface area contributed by atoms with E-state index in [9.17, 15) is 14.7 Å². The van der Waals surface area contributed by atoms with Crippen LogP contribution in [0.4, 0.5) is 5.69 Å². The summed E-state index contributed by atoms with van der Waals surface area (Å²) >= 11 is 0. The van der Waals surface area contributed by atoms with E-state index in [1.807, 2.05) is 24.3 Å². The van der Waals surface area contributed by atoms with Crippen LogP contribution in [0.2, 0.25) is 0 Å². The highest BCUT2D eigenvalue weighted by atomic mass is 16.5. The van der Waals surface area contributed by atoms with Crippen molar-refractivity contribution < 1.29 is 19.4 Å². The summed E-state index contributed by atoms with van der Waals surface area (Å²) in [6, 6.07) is 13.3. The summed E-state index contributed by atoms with van der Waals surface area (Å²) in [4.78, 5) is 22.5. The third-order valence-corrected chi connectivity index (χ3v) is 3.32. The van der Waals surface area contributed by atoms with E-state index in [1.54, 1.807) is 0 Å². The van der Waals surface area contributed by atoms with Crippen LogP contribution in [0.25, 0.3) is 0 Å². The molecule has 0 saturated heterocycles. The molecule has 0 radical (unpaired) electrons. The van der Waals surface area contributed by atoms with E-state index in [0.717, 1.165) is 0 Å². The average Bonchev–Trinajstić information content (AvgIpc) is 2.54. The summed E-state index contributed by atoms with van der Waals surface area (Å²) in [6.45, 7) is 4.09. The minimum Gasteiger partial charge on any atom is -0.545 e. The molecule has 0 fully saturated rings. The van der Waals surface area contributed by atoms with Crippen LogP contribution in [0.3, 0.4) is 0 Å². The van der Waals surface area contributed by atoms with E-state index >= 15 is 0 Å². The number of amides is 1. The lowest BCUT2D eigenvalue weighted by molar-refractivity contribution is -0.255. The first-order valence-electron chi connectivity index (χ1n) is 7.29. The molecule has 2 aromatic carbocycles. The first kappa shape index (κ1) is 16.5. The molecule has 5 nitrogen and oxygen atoms in total. The van der Waals surface area contributed by atoms with Crippen LogP contribution >= 0.6 is 0 Å². The molecule has 0 spiro atoms. The summed E-state index contributed by atoms with van der Waals surface area (Å²) in [7, 11) is 0. The number of aromatic carboxylic acids is 1. The number of carboxylic acid groups (broad SMARTS) is 1. The van der Waals surface area contributed by atoms with Gasteiger partial charge in [0.25, 0.3) is 5.91 Å². The van der Waals surface area contributed by atoms with E-state index in [4.69, 9.17) is 4.74 Å². The molecule has 23 heavy (non-hydrogen) atoms. The lowest BCUT2D eigenvalue weighted by Crippen LogP contribution is -2.22. The highest BCUT2D eigenvalue weighted by Crippen LogP contribution is 2.18. The molecule has 2 aromatic rings. The molecule has 0 atom stereocenters. The summed E-state index contributed by atoms with van der Waals surface area (Å²) in [6.07, 6.45) is 0. The van der Waals surface area contributed by atoms with E-state index in [1.165, 1.54) is 29.8 Å². The Balaban J connectivity index is 1.86. The van der Waals surface area contributed by atoms with Gasteiger partial charge in [-0.15, -0.1) is 0 Å². The van der Waals surface area contributed by atoms with Gasteiger partial charge < -0.3 is 20.0 Å². The van der Waals surface area contributed by atoms with Gasteiger partial charge in [0.05, 0.1) is 5.97 Å². The van der Waals surface area contributed by atoms with Crippen LogP contribution < -0.4 is 15.2 Å². The fourth-order valence-electron chi connectivity index (χ4n) is 1.98. The number of rotatable bonds is 6. The Bertz CT molecular complexity index is 675. The Labute approximate surface area is 134 Å². The van der Waals surface area contributed by atoms with E-state index in [0.29, 0.717) is 17.4 Å². The van der Waals surface area contributed by atoms with Crippen molar-refractivity contribution in [2.45, 2.75) is 19.8 Å². The normalized spacial score (nSPS) is 10.4. The Morgan fingerprint density at radius 3 is 2.17 bits per heavy atom. The summed E-state index contributed by atoms with van der Waals surface area (Å²) in [5.74, 6) is -0.511. The van der Waals surface area contributed by atoms with E-state index < -0.39 is 5.97 Å². The molecular weight excluding hydrogens is 294 g/mol. The molecular formula is C18H18NO4-. The second-order valence-corrected chi connectivity index (χ2v) is 5.43. The maximum absolute atomic E-state index is 11.8. The molecule has 2 rings (SSSR count). The maximum Gasteiger partial charge on any atom is 0.262 e. The molecule has 1 amide bonds. The second-order valence-electron chi connectivity index (χ2n) is 5.43. The van der Waals surface area contributed by atoms with Gasteiger partial charge in [-0.1, -0.05) is 38.1 Å². The number of anilines is 1. The molecule has 0 aliphatic carbocycles. The average molecular weight is 312 g/mol. The Kier molecular flexibility index (Phi) is 5.36. The van der Waals surface area contributed by atoms with Crippen LogP contribution in [-0.4, -0.2) is 18.5 Å². The number of hydrogen-bond acceptors (Lipinski definition) is 4. The van der Waals surface area contributed by atoms with Gasteiger partial charge >= 0.3 is 0 Å². The van der Waals surface area contributed by atoms with Gasteiger partial charge in [0.2, 0.25) is 0 Å². The largest absolute Gasteiger partial charge is 0.545 e. The summed E-state index contributed by atoms with van der Waals surface area (Å²) in [5, 5.41) is 13.3. The molecule has 120 valence electrons. The Hall–Kier alpha value is -2.82. The quantitative estimate of drug-likeness (QED) is 0.887. The third kappa shape index (κ3) is 4.85. The molecule has 5 heteroatoms. The summed E-state index contributed by atoms with van der Waals surface area (Å²) in [5.41, 5.74) is 1.76. The van der Waals surface area contributed by atoms with Gasteiger partial charge in [0.15, 0.2) is 6.61 Å². The molecule has 0 saturated carbocycles. The van der Waals surface area contributed by atoms with Crippen molar-refractivity contribution in [3.8, 4) is 5.75 Å². The van der Waals surface area contributed by atoms with Crippen LogP contribution in [0.15, 0.2) is 48.5 Å². The monoisotopic (exact) mass is 312 g/mol. The van der Waals surface area contributed by atoms with Crippen molar-refractivity contribution >= 4 is 17.6 Å². The molecule has 0 bridgehead atoms. The van der Waals surface area contributed by atoms with Gasteiger partial charge in [0.1, 0.15) is 5.75 Å². The van der Waals surface area contributed by atoms with Crippen LogP contribution in [0.5, 0.6) is 5.75 Å². The molecule has 1 N–H and O–H groups in total. The topological polar surface area (TPSA) is 78.5 Å². The van der Waals surface area contributed by atoms with Crippen molar-refractivity contribution in [1.82, 2.24) is 0 Å². The number of carbonyl (C=O) groups excluding carboxylic acids is 2. The highest BCUT2D eigenvalue weighted by Gasteiger charge is 2.05. The van der Waals surface area contributed by atoms with E-state index in [2.05, 4.69) is 19.2 Å². The number of benzene rings is 2. The zero-order valence-corrected chi connectivity index (χ0v) is 13.0. The third-order valence-electron chi connectivity index (χ3n) is 3.32. The predicted molar refractivity (Wildman–Crippen MR) is 85.4 cm³/mol. The van der Waals surface area contributed by atoms with Crippen LogP contribution in [-0.2, 0) is 4.79 Å². The smallest absolute Gasteiger partial charge is 0.262 e. The van der Waals surface area contributed by atoms with Gasteiger partial charge in [-0.25, -0.2) is 0 Å². The van der Waals surface area contributed by atoms with Gasteiger partial charge in [-0.2, -0.15) is 0 Å². The Morgan fingerprint density at radius 2 is 1.65 bits per heavy atom. The predicted octanol–water partition coefficient (Wildman–Crippen LogP) is 2.19. The highest BCUT2D eigenvalue weighted by molar-refractivity contribution is 5.93. The standard InChI is InChI=1S/C18H19NO4/c1-12(2)13-5-9-16(10-6-13)23-11-17(20)19-15-7-3-14(4-8-15)18(21)22/h3-10,12H,11H2,1-2H3,(H,19,20)(H,21,22)/p-1. The van der Waals surface area contributed by atoms with Crippen molar-refractivity contribution in [2.24, 2.45) is 0 Å². The lowest BCUT2D eigenvalue weighted by Gasteiger charge is -2.10. The number of ether oxygens (including phenoxy) is 1. The van der Waals surface area contributed by atoms with Crippen molar-refractivity contribution in [2.75, 3.05) is 11.9 Å². The number of carboxylic acids is 1. The maximum atomic E-state index is 11.8. The number of nitrogens with one attached hydrogen (secondary N) is 1. The molecule has 0 unspecified atom stereocenters. The zero-order valence-electron chi connectivity index (χ0n) is 13.0. The molecule has 0 aliphatic rings. The minimum atomic E-state index is -1.25. The van der Waals surface area contributed by atoms with Crippen molar-refractivity contribution in [1.29, 1.82) is 0 Å². The SMILES string of the molecule is CC(C)c1ccc(OCC(=O)Nc2ccc(C(=O)[O-])cc2)cc1. The van der Waals surface area contributed by atoms with Gasteiger partial charge in [-0.3, -0.25) is 4.79 Å². The van der Waals surface area contributed by atoms with Gasteiger partial charge in [-0.05, 0) is 41.3 Å². The first-order valence-corrected chi connectivity index (χ1v) is 7.29. The summed E-state index contributed by atoms with van der Waals surface area (Å²) < 4.78 is 5.42. The molecule has 0 aliphatic heterocycles. The fraction of sp³-hybridized carbons (Fsp3) is 0.222. The van der Waals surface area contributed by atoms with Crippen LogP contribution in [0.1, 0.15) is 35.7 Å². The Morgan fingerprint density at radius 1 is 1.04 bits per heavy atom. The fourth-order valence-corrected chi connectivity index (χ4v) is 1.98. The zero-order chi connectivity index (χ0) is 16.8. The molecule has 0 aromatic heterocycles. The number of carbonyl (C=O) groups is 2. The van der Waals surface area contributed by atoms with Crippen LogP contribution in [0, 0.1) is 0 Å². The van der Waals surface area contributed by atoms with Gasteiger partial charge in [0, 0.05) is 5.69 Å². The first-order chi connectivity index (χ1) is 11.0. The second kappa shape index (κ2) is 7.45. The lowest BCUT2D eigenvalue weighted by atomic mass is 10.0. The minimum absolute atomic E-state index is 0.0597.